The van der Waals surface area contributed by atoms with E-state index in [4.69, 9.17) is 9.84 Å². The third kappa shape index (κ3) is 2.06. The molecule has 0 aliphatic carbocycles. The summed E-state index contributed by atoms with van der Waals surface area (Å²) in [6, 6.07) is 4.55. The number of carboxylic acids is 1. The van der Waals surface area contributed by atoms with Crippen molar-refractivity contribution in [2.75, 3.05) is 19.6 Å². The van der Waals surface area contributed by atoms with Crippen molar-refractivity contribution in [1.82, 2.24) is 4.90 Å². The van der Waals surface area contributed by atoms with Gasteiger partial charge in [0.15, 0.2) is 0 Å². The SMILES string of the molecule is O=C(O)C1CN(CC2Cc3cc(F)ccc3O2)C1. The molecular formula is C13H14FNO3. The van der Waals surface area contributed by atoms with Crippen LogP contribution in [0.25, 0.3) is 0 Å². The molecular weight excluding hydrogens is 237 g/mol. The largest absolute Gasteiger partial charge is 0.488 e. The van der Waals surface area contributed by atoms with E-state index >= 15 is 0 Å². The summed E-state index contributed by atoms with van der Waals surface area (Å²) in [6.45, 7) is 1.87. The van der Waals surface area contributed by atoms with E-state index in [-0.39, 0.29) is 17.8 Å². The monoisotopic (exact) mass is 251 g/mol. The number of carbonyl (C=O) groups is 1. The fourth-order valence-corrected chi connectivity index (χ4v) is 2.55. The Morgan fingerprint density at radius 1 is 1.50 bits per heavy atom. The van der Waals surface area contributed by atoms with Gasteiger partial charge in [0.25, 0.3) is 0 Å². The van der Waals surface area contributed by atoms with E-state index in [0.29, 0.717) is 26.1 Å². The van der Waals surface area contributed by atoms with Gasteiger partial charge in [0.2, 0.25) is 0 Å². The smallest absolute Gasteiger partial charge is 0.309 e. The predicted octanol–water partition coefficient (Wildman–Crippen LogP) is 1.15. The van der Waals surface area contributed by atoms with Crippen LogP contribution in [0.3, 0.4) is 0 Å². The maximum absolute atomic E-state index is 13.0. The number of rotatable bonds is 3. The number of fused-ring (bicyclic) bond motifs is 1. The Bertz CT molecular complexity index is 485. The van der Waals surface area contributed by atoms with Crippen LogP contribution in [0.4, 0.5) is 4.39 Å². The van der Waals surface area contributed by atoms with E-state index in [9.17, 15) is 9.18 Å². The minimum Gasteiger partial charge on any atom is -0.488 e. The molecule has 96 valence electrons. The van der Waals surface area contributed by atoms with Gasteiger partial charge >= 0.3 is 5.97 Å². The molecule has 1 fully saturated rings. The predicted molar refractivity (Wildman–Crippen MR) is 62.1 cm³/mol. The maximum Gasteiger partial charge on any atom is 0.309 e. The van der Waals surface area contributed by atoms with Crippen LogP contribution < -0.4 is 4.74 Å². The van der Waals surface area contributed by atoms with Gasteiger partial charge in [-0.3, -0.25) is 9.69 Å². The highest BCUT2D eigenvalue weighted by Gasteiger charge is 2.35. The molecule has 1 aromatic carbocycles. The second-order valence-corrected chi connectivity index (χ2v) is 4.95. The van der Waals surface area contributed by atoms with Crippen molar-refractivity contribution < 1.29 is 19.0 Å². The summed E-state index contributed by atoms with van der Waals surface area (Å²) in [5.74, 6) is -0.472. The molecule has 2 heterocycles. The molecule has 1 saturated heterocycles. The van der Waals surface area contributed by atoms with E-state index in [0.717, 1.165) is 11.3 Å². The molecule has 0 spiro atoms. The highest BCUT2D eigenvalue weighted by molar-refractivity contribution is 5.71. The number of halogens is 1. The second kappa shape index (κ2) is 4.24. The lowest BCUT2D eigenvalue weighted by Crippen LogP contribution is -2.53. The zero-order valence-electron chi connectivity index (χ0n) is 9.80. The van der Waals surface area contributed by atoms with E-state index in [1.54, 1.807) is 6.07 Å². The van der Waals surface area contributed by atoms with Crippen LogP contribution in [-0.4, -0.2) is 41.7 Å². The van der Waals surface area contributed by atoms with Gasteiger partial charge in [0.1, 0.15) is 17.7 Å². The Morgan fingerprint density at radius 2 is 2.28 bits per heavy atom. The molecule has 1 atom stereocenters. The van der Waals surface area contributed by atoms with Crippen molar-refractivity contribution in [3.8, 4) is 5.75 Å². The van der Waals surface area contributed by atoms with Gasteiger partial charge in [-0.25, -0.2) is 4.39 Å². The molecule has 1 aromatic rings. The molecule has 1 unspecified atom stereocenters. The fourth-order valence-electron chi connectivity index (χ4n) is 2.55. The third-order valence-electron chi connectivity index (χ3n) is 3.53. The number of hydrogen-bond acceptors (Lipinski definition) is 3. The van der Waals surface area contributed by atoms with Crippen LogP contribution in [0, 0.1) is 11.7 Å². The lowest BCUT2D eigenvalue weighted by atomic mass is 9.99. The molecule has 0 saturated carbocycles. The molecule has 0 radical (unpaired) electrons. The summed E-state index contributed by atoms with van der Waals surface area (Å²) in [4.78, 5) is 12.7. The van der Waals surface area contributed by atoms with Crippen LogP contribution in [0.2, 0.25) is 0 Å². The molecule has 0 aromatic heterocycles. The van der Waals surface area contributed by atoms with Crippen LogP contribution in [0.1, 0.15) is 5.56 Å². The number of nitrogens with zero attached hydrogens (tertiary/aromatic N) is 1. The van der Waals surface area contributed by atoms with E-state index < -0.39 is 5.97 Å². The minimum absolute atomic E-state index is 0.0107. The first-order valence-corrected chi connectivity index (χ1v) is 6.02. The molecule has 2 aliphatic rings. The number of aliphatic carboxylic acids is 1. The Balaban J connectivity index is 1.54. The summed E-state index contributed by atoms with van der Waals surface area (Å²) in [7, 11) is 0. The third-order valence-corrected chi connectivity index (χ3v) is 3.53. The van der Waals surface area contributed by atoms with Crippen molar-refractivity contribution in [3.05, 3.63) is 29.6 Å². The fraction of sp³-hybridized carbons (Fsp3) is 0.462. The van der Waals surface area contributed by atoms with Crippen LogP contribution >= 0.6 is 0 Å². The van der Waals surface area contributed by atoms with Gasteiger partial charge in [-0.15, -0.1) is 0 Å². The van der Waals surface area contributed by atoms with E-state index in [2.05, 4.69) is 4.90 Å². The first-order chi connectivity index (χ1) is 8.61. The minimum atomic E-state index is -0.732. The number of hydrogen-bond donors (Lipinski definition) is 1. The normalized spacial score (nSPS) is 23.3. The van der Waals surface area contributed by atoms with Crippen molar-refractivity contribution in [1.29, 1.82) is 0 Å². The Labute approximate surface area is 104 Å². The highest BCUT2D eigenvalue weighted by Crippen LogP contribution is 2.30. The molecule has 18 heavy (non-hydrogen) atoms. The average molecular weight is 251 g/mol. The zero-order chi connectivity index (χ0) is 12.7. The summed E-state index contributed by atoms with van der Waals surface area (Å²) < 4.78 is 18.7. The lowest BCUT2D eigenvalue weighted by molar-refractivity contribution is -0.148. The van der Waals surface area contributed by atoms with Crippen LogP contribution in [0.15, 0.2) is 18.2 Å². The topological polar surface area (TPSA) is 49.8 Å². The van der Waals surface area contributed by atoms with Gasteiger partial charge in [-0.2, -0.15) is 0 Å². The molecule has 2 aliphatic heterocycles. The molecule has 5 heteroatoms. The number of benzene rings is 1. The lowest BCUT2D eigenvalue weighted by Gasteiger charge is -2.37. The Morgan fingerprint density at radius 3 is 3.00 bits per heavy atom. The summed E-state index contributed by atoms with van der Waals surface area (Å²) >= 11 is 0. The van der Waals surface area contributed by atoms with E-state index in [1.807, 2.05) is 0 Å². The summed E-state index contributed by atoms with van der Waals surface area (Å²) in [5.41, 5.74) is 0.898. The molecule has 3 rings (SSSR count). The molecule has 1 N–H and O–H groups in total. The molecule has 4 nitrogen and oxygen atoms in total. The van der Waals surface area contributed by atoms with Crippen molar-refractivity contribution in [3.63, 3.8) is 0 Å². The quantitative estimate of drug-likeness (QED) is 0.875. The van der Waals surface area contributed by atoms with Gasteiger partial charge in [0, 0.05) is 31.6 Å². The van der Waals surface area contributed by atoms with Gasteiger partial charge in [0.05, 0.1) is 5.92 Å². The number of likely N-dealkylation sites (tertiary alicyclic amines) is 1. The first-order valence-electron chi connectivity index (χ1n) is 6.02. The zero-order valence-corrected chi connectivity index (χ0v) is 9.80. The standard InChI is InChI=1S/C13H14FNO3/c14-10-1-2-12-8(3-10)4-11(18-12)7-15-5-9(6-15)13(16)17/h1-3,9,11H,4-7H2,(H,16,17). The van der Waals surface area contributed by atoms with Crippen molar-refractivity contribution in [2.45, 2.75) is 12.5 Å². The second-order valence-electron chi connectivity index (χ2n) is 4.95. The van der Waals surface area contributed by atoms with Crippen LogP contribution in [-0.2, 0) is 11.2 Å². The Hall–Kier alpha value is -1.62. The van der Waals surface area contributed by atoms with Crippen molar-refractivity contribution >= 4 is 5.97 Å². The summed E-state index contributed by atoms with van der Waals surface area (Å²) in [5, 5.41) is 8.78. The van der Waals surface area contributed by atoms with Gasteiger partial charge in [-0.1, -0.05) is 0 Å². The molecule has 0 amide bonds. The maximum atomic E-state index is 13.0. The van der Waals surface area contributed by atoms with Gasteiger partial charge < -0.3 is 9.84 Å². The number of carboxylic acid groups (broad SMARTS) is 1. The van der Waals surface area contributed by atoms with E-state index in [1.165, 1.54) is 12.1 Å². The van der Waals surface area contributed by atoms with Crippen molar-refractivity contribution in [2.24, 2.45) is 5.92 Å². The first kappa shape index (κ1) is 11.5. The Kier molecular flexibility index (Phi) is 2.70. The average Bonchev–Trinajstić information content (AvgIpc) is 2.63. The summed E-state index contributed by atoms with van der Waals surface area (Å²) in [6.07, 6.45) is 0.706. The number of ether oxygens (including phenoxy) is 1. The van der Waals surface area contributed by atoms with Gasteiger partial charge in [-0.05, 0) is 18.2 Å². The highest BCUT2D eigenvalue weighted by atomic mass is 19.1. The van der Waals surface area contributed by atoms with Crippen LogP contribution in [0.5, 0.6) is 5.75 Å². The molecule has 0 bridgehead atoms.